The van der Waals surface area contributed by atoms with Crippen molar-refractivity contribution in [1.29, 1.82) is 0 Å². The van der Waals surface area contributed by atoms with E-state index in [1.807, 2.05) is 4.90 Å². The van der Waals surface area contributed by atoms with E-state index in [1.54, 1.807) is 12.1 Å². The third kappa shape index (κ3) is 2.47. The lowest BCUT2D eigenvalue weighted by Gasteiger charge is -2.23. The molecule has 0 atom stereocenters. The minimum Gasteiger partial charge on any atom is -0.395 e. The Balaban J connectivity index is 2.25. The first-order chi connectivity index (χ1) is 8.13. The number of nitrogens with zero attached hydrogens (tertiary/aromatic N) is 2. The zero-order chi connectivity index (χ0) is 12.4. The number of nitrogen functional groups attached to an aromatic ring is 1. The van der Waals surface area contributed by atoms with Crippen LogP contribution in [0.4, 0.5) is 17.1 Å². The molecule has 0 saturated heterocycles. The molecule has 0 aliphatic heterocycles. The molecular formula is C11H15N3O3. The molecule has 17 heavy (non-hydrogen) atoms. The number of hydrogen-bond donors (Lipinski definition) is 2. The van der Waals surface area contributed by atoms with Gasteiger partial charge in [-0.05, 0) is 25.0 Å². The highest BCUT2D eigenvalue weighted by Crippen LogP contribution is 2.34. The highest BCUT2D eigenvalue weighted by molar-refractivity contribution is 5.67. The quantitative estimate of drug-likeness (QED) is 0.455. The van der Waals surface area contributed by atoms with Crippen LogP contribution in [0.1, 0.15) is 12.8 Å². The van der Waals surface area contributed by atoms with Gasteiger partial charge in [-0.3, -0.25) is 10.1 Å². The van der Waals surface area contributed by atoms with Crippen molar-refractivity contribution < 1.29 is 10.0 Å². The molecule has 1 aliphatic rings. The first-order valence-corrected chi connectivity index (χ1v) is 5.55. The van der Waals surface area contributed by atoms with Gasteiger partial charge in [-0.25, -0.2) is 0 Å². The Bertz CT molecular complexity index is 432. The summed E-state index contributed by atoms with van der Waals surface area (Å²) in [5, 5.41) is 19.7. The molecule has 1 fully saturated rings. The van der Waals surface area contributed by atoms with Gasteiger partial charge in [0.15, 0.2) is 0 Å². The summed E-state index contributed by atoms with van der Waals surface area (Å²) in [6.45, 7) is 0.593. The van der Waals surface area contributed by atoms with Gasteiger partial charge < -0.3 is 15.7 Å². The Labute approximate surface area is 98.8 Å². The van der Waals surface area contributed by atoms with Crippen LogP contribution in [0.3, 0.4) is 0 Å². The largest absolute Gasteiger partial charge is 0.395 e. The molecule has 3 N–H and O–H groups in total. The van der Waals surface area contributed by atoms with E-state index >= 15 is 0 Å². The van der Waals surface area contributed by atoms with Crippen LogP contribution in [0.5, 0.6) is 0 Å². The molecule has 92 valence electrons. The van der Waals surface area contributed by atoms with Crippen molar-refractivity contribution in [1.82, 2.24) is 0 Å². The third-order valence-electron chi connectivity index (χ3n) is 2.87. The Morgan fingerprint density at radius 2 is 2.24 bits per heavy atom. The van der Waals surface area contributed by atoms with Gasteiger partial charge in [0.2, 0.25) is 0 Å². The number of nitrogens with two attached hydrogens (primary N) is 1. The number of nitro groups is 1. The molecule has 0 heterocycles. The number of benzene rings is 1. The Morgan fingerprint density at radius 3 is 2.71 bits per heavy atom. The van der Waals surface area contributed by atoms with Gasteiger partial charge in [0.25, 0.3) is 5.69 Å². The molecule has 1 aromatic carbocycles. The van der Waals surface area contributed by atoms with Gasteiger partial charge in [0.1, 0.15) is 5.69 Å². The average Bonchev–Trinajstić information content (AvgIpc) is 3.09. The maximum Gasteiger partial charge on any atom is 0.292 e. The molecule has 0 spiro atoms. The third-order valence-corrected chi connectivity index (χ3v) is 2.87. The molecule has 1 saturated carbocycles. The van der Waals surface area contributed by atoms with Gasteiger partial charge in [0.05, 0.1) is 11.5 Å². The van der Waals surface area contributed by atoms with Crippen LogP contribution >= 0.6 is 0 Å². The fourth-order valence-electron chi connectivity index (χ4n) is 1.90. The van der Waals surface area contributed by atoms with Crippen LogP contribution < -0.4 is 10.6 Å². The minimum atomic E-state index is -0.493. The predicted octanol–water partition coefficient (Wildman–Crippen LogP) is 1.14. The molecule has 6 heteroatoms. The summed E-state index contributed by atoms with van der Waals surface area (Å²) in [6, 6.07) is 5.13. The maximum atomic E-state index is 10.6. The first-order valence-electron chi connectivity index (χ1n) is 5.55. The standard InChI is InChI=1S/C11H15N3O3/c12-10-7-9(3-4-11(10)14(16)17)13(5-6-15)8-1-2-8/h3-4,7-8,15H,1-2,5-6,12H2. The monoisotopic (exact) mass is 237 g/mol. The van der Waals surface area contributed by atoms with Gasteiger partial charge >= 0.3 is 0 Å². The summed E-state index contributed by atoms with van der Waals surface area (Å²) in [6.07, 6.45) is 2.19. The molecule has 2 rings (SSSR count). The van der Waals surface area contributed by atoms with Crippen molar-refractivity contribution in [3.8, 4) is 0 Å². The summed E-state index contributed by atoms with van der Waals surface area (Å²) in [5.41, 5.74) is 6.57. The second-order valence-corrected chi connectivity index (χ2v) is 4.15. The summed E-state index contributed by atoms with van der Waals surface area (Å²) in [4.78, 5) is 12.2. The normalized spacial score (nSPS) is 14.6. The molecule has 6 nitrogen and oxygen atoms in total. The van der Waals surface area contributed by atoms with Crippen molar-refractivity contribution in [2.24, 2.45) is 0 Å². The topological polar surface area (TPSA) is 92.6 Å². The molecule has 1 aromatic rings. The van der Waals surface area contributed by atoms with Crippen molar-refractivity contribution in [2.45, 2.75) is 18.9 Å². The fourth-order valence-corrected chi connectivity index (χ4v) is 1.90. The van der Waals surface area contributed by atoms with Crippen LogP contribution in [0.25, 0.3) is 0 Å². The van der Waals surface area contributed by atoms with Gasteiger partial charge in [-0.1, -0.05) is 0 Å². The Kier molecular flexibility index (Phi) is 3.14. The summed E-state index contributed by atoms with van der Waals surface area (Å²) < 4.78 is 0. The lowest BCUT2D eigenvalue weighted by atomic mass is 10.2. The highest BCUT2D eigenvalue weighted by atomic mass is 16.6. The molecule has 1 aliphatic carbocycles. The molecule has 0 aromatic heterocycles. The smallest absolute Gasteiger partial charge is 0.292 e. The second kappa shape index (κ2) is 4.58. The van der Waals surface area contributed by atoms with E-state index in [4.69, 9.17) is 10.8 Å². The van der Waals surface area contributed by atoms with Crippen LogP contribution in [-0.4, -0.2) is 29.2 Å². The van der Waals surface area contributed by atoms with Crippen molar-refractivity contribution in [2.75, 3.05) is 23.8 Å². The van der Waals surface area contributed by atoms with Crippen molar-refractivity contribution in [3.63, 3.8) is 0 Å². The zero-order valence-corrected chi connectivity index (χ0v) is 9.37. The second-order valence-electron chi connectivity index (χ2n) is 4.15. The minimum absolute atomic E-state index is 0.0629. The highest BCUT2D eigenvalue weighted by Gasteiger charge is 2.29. The van der Waals surface area contributed by atoms with E-state index in [0.29, 0.717) is 12.6 Å². The predicted molar refractivity (Wildman–Crippen MR) is 65.0 cm³/mol. The van der Waals surface area contributed by atoms with Crippen LogP contribution in [0.15, 0.2) is 18.2 Å². The average molecular weight is 237 g/mol. The van der Waals surface area contributed by atoms with E-state index in [0.717, 1.165) is 18.5 Å². The van der Waals surface area contributed by atoms with E-state index in [1.165, 1.54) is 6.07 Å². The van der Waals surface area contributed by atoms with Crippen LogP contribution in [-0.2, 0) is 0 Å². The lowest BCUT2D eigenvalue weighted by molar-refractivity contribution is -0.383. The van der Waals surface area contributed by atoms with E-state index in [9.17, 15) is 10.1 Å². The van der Waals surface area contributed by atoms with Crippen molar-refractivity contribution in [3.05, 3.63) is 28.3 Å². The van der Waals surface area contributed by atoms with Gasteiger partial charge in [-0.2, -0.15) is 0 Å². The van der Waals surface area contributed by atoms with E-state index < -0.39 is 4.92 Å². The molecule has 0 bridgehead atoms. The fraction of sp³-hybridized carbons (Fsp3) is 0.455. The molecule has 0 unspecified atom stereocenters. The van der Waals surface area contributed by atoms with Crippen molar-refractivity contribution >= 4 is 17.1 Å². The number of anilines is 2. The number of rotatable bonds is 5. The van der Waals surface area contributed by atoms with Crippen LogP contribution in [0.2, 0.25) is 0 Å². The Morgan fingerprint density at radius 1 is 1.53 bits per heavy atom. The SMILES string of the molecule is Nc1cc(N(CCO)C2CC2)ccc1[N+](=O)[O-]. The summed E-state index contributed by atoms with van der Waals surface area (Å²) >= 11 is 0. The van der Waals surface area contributed by atoms with E-state index in [2.05, 4.69) is 0 Å². The molecule has 0 radical (unpaired) electrons. The van der Waals surface area contributed by atoms with E-state index in [-0.39, 0.29) is 18.0 Å². The molecular weight excluding hydrogens is 222 g/mol. The zero-order valence-electron chi connectivity index (χ0n) is 9.37. The first kappa shape index (κ1) is 11.7. The number of aliphatic hydroxyl groups is 1. The summed E-state index contributed by atoms with van der Waals surface area (Å²) in [5.74, 6) is 0. The number of aliphatic hydroxyl groups excluding tert-OH is 1. The molecule has 0 amide bonds. The van der Waals surface area contributed by atoms with Gasteiger partial charge in [-0.15, -0.1) is 0 Å². The summed E-state index contributed by atoms with van der Waals surface area (Å²) in [7, 11) is 0. The maximum absolute atomic E-state index is 10.6. The van der Waals surface area contributed by atoms with Gasteiger partial charge in [0, 0.05) is 24.3 Å². The number of nitro benzene ring substituents is 1. The Hall–Kier alpha value is -1.82. The van der Waals surface area contributed by atoms with Crippen LogP contribution in [0, 0.1) is 10.1 Å². The number of hydrogen-bond acceptors (Lipinski definition) is 5. The lowest BCUT2D eigenvalue weighted by Crippen LogP contribution is -2.28.